The lowest BCUT2D eigenvalue weighted by atomic mass is 9.78. The molecule has 0 N–H and O–H groups in total. The lowest BCUT2D eigenvalue weighted by Crippen LogP contribution is -2.48. The molecule has 5 heteroatoms. The van der Waals surface area contributed by atoms with E-state index < -0.39 is 0 Å². The van der Waals surface area contributed by atoms with Crippen LogP contribution in [0.15, 0.2) is 30.3 Å². The van der Waals surface area contributed by atoms with Gasteiger partial charge in [0.25, 0.3) is 5.24 Å². The van der Waals surface area contributed by atoms with Crippen molar-refractivity contribution in [1.29, 1.82) is 0 Å². The lowest BCUT2D eigenvalue weighted by molar-refractivity contribution is -0.129. The molecule has 1 aliphatic carbocycles. The van der Waals surface area contributed by atoms with Gasteiger partial charge in [0, 0.05) is 38.4 Å². The van der Waals surface area contributed by atoms with Crippen molar-refractivity contribution >= 4 is 22.9 Å². The minimum absolute atomic E-state index is 0.100. The zero-order chi connectivity index (χ0) is 18.4. The monoisotopic (exact) mass is 374 g/mol. The van der Waals surface area contributed by atoms with Crippen molar-refractivity contribution in [2.75, 3.05) is 19.3 Å². The molecular formula is C21H30N2O2S. The molecule has 1 saturated heterocycles. The highest BCUT2D eigenvalue weighted by atomic mass is 32.2. The smallest absolute Gasteiger partial charge is 0.281 e. The van der Waals surface area contributed by atoms with Gasteiger partial charge in [-0.05, 0) is 37.2 Å². The molecule has 0 radical (unpaired) electrons. The van der Waals surface area contributed by atoms with Gasteiger partial charge < -0.3 is 9.80 Å². The Labute approximate surface area is 161 Å². The molecule has 2 unspecified atom stereocenters. The standard InChI is InChI=1S/C21H30N2O2S/c1-22(16-17-8-3-2-4-9-17)20(24)13-15-26-21(25)23-14-7-11-18-10-5-6-12-19(18)23/h2-4,8-9,18-19H,5-7,10-16H2,1H3. The van der Waals surface area contributed by atoms with E-state index in [9.17, 15) is 9.59 Å². The van der Waals surface area contributed by atoms with E-state index in [4.69, 9.17) is 0 Å². The minimum atomic E-state index is 0.100. The number of carbonyl (C=O) groups excluding carboxylic acids is 2. The van der Waals surface area contributed by atoms with E-state index in [1.807, 2.05) is 37.4 Å². The van der Waals surface area contributed by atoms with Crippen LogP contribution in [0.5, 0.6) is 0 Å². The van der Waals surface area contributed by atoms with Crippen molar-refractivity contribution in [3.63, 3.8) is 0 Å². The van der Waals surface area contributed by atoms with E-state index in [-0.39, 0.29) is 11.1 Å². The predicted octanol–water partition coefficient (Wildman–Crippen LogP) is 4.54. The fraction of sp³-hybridized carbons (Fsp3) is 0.619. The number of rotatable bonds is 5. The zero-order valence-electron chi connectivity index (χ0n) is 15.7. The van der Waals surface area contributed by atoms with Gasteiger partial charge in [-0.2, -0.15) is 0 Å². The lowest BCUT2D eigenvalue weighted by Gasteiger charge is -2.43. The summed E-state index contributed by atoms with van der Waals surface area (Å²) in [5, 5.41) is 0.181. The Morgan fingerprint density at radius 2 is 1.85 bits per heavy atom. The van der Waals surface area contributed by atoms with Gasteiger partial charge in [0.1, 0.15) is 0 Å². The number of nitrogens with zero attached hydrogens (tertiary/aromatic N) is 2. The third kappa shape index (κ3) is 5.03. The first-order chi connectivity index (χ1) is 12.6. The van der Waals surface area contributed by atoms with Crippen LogP contribution in [0.1, 0.15) is 50.5 Å². The van der Waals surface area contributed by atoms with Crippen LogP contribution in [0, 0.1) is 5.92 Å². The van der Waals surface area contributed by atoms with Gasteiger partial charge in [-0.1, -0.05) is 54.9 Å². The summed E-state index contributed by atoms with van der Waals surface area (Å²) >= 11 is 1.33. The molecule has 0 spiro atoms. The number of hydrogen-bond acceptors (Lipinski definition) is 3. The third-order valence-electron chi connectivity index (χ3n) is 5.71. The summed E-state index contributed by atoms with van der Waals surface area (Å²) in [6.07, 6.45) is 7.84. The number of likely N-dealkylation sites (tertiary alicyclic amines) is 1. The van der Waals surface area contributed by atoms with Gasteiger partial charge in [-0.25, -0.2) is 0 Å². The van der Waals surface area contributed by atoms with Gasteiger partial charge in [0.15, 0.2) is 0 Å². The van der Waals surface area contributed by atoms with Crippen molar-refractivity contribution in [3.05, 3.63) is 35.9 Å². The largest absolute Gasteiger partial charge is 0.341 e. The molecule has 1 aromatic rings. The molecule has 3 rings (SSSR count). The molecule has 0 aromatic heterocycles. The van der Waals surface area contributed by atoms with Gasteiger partial charge >= 0.3 is 0 Å². The van der Waals surface area contributed by atoms with Crippen molar-refractivity contribution in [2.24, 2.45) is 5.92 Å². The van der Waals surface area contributed by atoms with Crippen LogP contribution in [0.4, 0.5) is 4.79 Å². The Bertz CT molecular complexity index is 605. The SMILES string of the molecule is CN(Cc1ccccc1)C(=O)CCSC(=O)N1CCCC2CCCCC21. The molecular weight excluding hydrogens is 344 g/mol. The van der Waals surface area contributed by atoms with E-state index in [0.29, 0.717) is 30.7 Å². The number of benzene rings is 1. The van der Waals surface area contributed by atoms with Gasteiger partial charge in [-0.3, -0.25) is 9.59 Å². The summed E-state index contributed by atoms with van der Waals surface area (Å²) in [5.41, 5.74) is 1.13. The number of fused-ring (bicyclic) bond motifs is 1. The summed E-state index contributed by atoms with van der Waals surface area (Å²) in [4.78, 5) is 28.8. The number of hydrogen-bond donors (Lipinski definition) is 0. The second-order valence-corrected chi connectivity index (χ2v) is 8.59. The van der Waals surface area contributed by atoms with Crippen molar-refractivity contribution in [2.45, 2.75) is 57.5 Å². The van der Waals surface area contributed by atoms with Crippen molar-refractivity contribution < 1.29 is 9.59 Å². The molecule has 26 heavy (non-hydrogen) atoms. The summed E-state index contributed by atoms with van der Waals surface area (Å²) in [7, 11) is 1.83. The van der Waals surface area contributed by atoms with Crippen LogP contribution in [0.25, 0.3) is 0 Å². The van der Waals surface area contributed by atoms with Crippen LogP contribution in [-0.2, 0) is 11.3 Å². The topological polar surface area (TPSA) is 40.6 Å². The third-order valence-corrected chi connectivity index (χ3v) is 6.60. The quantitative estimate of drug-likeness (QED) is 0.759. The summed E-state index contributed by atoms with van der Waals surface area (Å²) in [5.74, 6) is 1.38. The Morgan fingerprint density at radius 1 is 1.12 bits per heavy atom. The highest BCUT2D eigenvalue weighted by molar-refractivity contribution is 8.13. The first-order valence-corrected chi connectivity index (χ1v) is 10.8. The average molecular weight is 375 g/mol. The maximum Gasteiger partial charge on any atom is 0.281 e. The van der Waals surface area contributed by atoms with E-state index in [1.54, 1.807) is 4.90 Å². The van der Waals surface area contributed by atoms with E-state index >= 15 is 0 Å². The van der Waals surface area contributed by atoms with E-state index in [1.165, 1.54) is 37.4 Å². The zero-order valence-corrected chi connectivity index (χ0v) is 16.5. The molecule has 2 amide bonds. The molecule has 1 aromatic carbocycles. The summed E-state index contributed by atoms with van der Waals surface area (Å²) in [6.45, 7) is 1.52. The van der Waals surface area contributed by atoms with Crippen LogP contribution < -0.4 is 0 Å². The van der Waals surface area contributed by atoms with Crippen LogP contribution in [0.2, 0.25) is 0 Å². The molecule has 142 valence electrons. The maximum absolute atomic E-state index is 12.7. The maximum atomic E-state index is 12.7. The molecule has 2 atom stereocenters. The number of thioether (sulfide) groups is 1. The average Bonchev–Trinajstić information content (AvgIpc) is 2.68. The van der Waals surface area contributed by atoms with Crippen LogP contribution in [-0.4, -0.2) is 46.3 Å². The van der Waals surface area contributed by atoms with Crippen molar-refractivity contribution in [3.8, 4) is 0 Å². The molecule has 1 heterocycles. The van der Waals surface area contributed by atoms with Gasteiger partial charge in [-0.15, -0.1) is 0 Å². The molecule has 1 aliphatic heterocycles. The first kappa shape index (κ1) is 19.3. The fourth-order valence-corrected chi connectivity index (χ4v) is 5.14. The van der Waals surface area contributed by atoms with Crippen molar-refractivity contribution in [1.82, 2.24) is 9.80 Å². The normalized spacial score (nSPS) is 22.6. The van der Waals surface area contributed by atoms with E-state index in [2.05, 4.69) is 4.90 Å². The van der Waals surface area contributed by atoms with Gasteiger partial charge in [0.05, 0.1) is 0 Å². The van der Waals surface area contributed by atoms with Gasteiger partial charge in [0.2, 0.25) is 5.91 Å². The molecule has 2 aliphatic rings. The van der Waals surface area contributed by atoms with Crippen LogP contribution >= 0.6 is 11.8 Å². The summed E-state index contributed by atoms with van der Waals surface area (Å²) in [6, 6.07) is 10.5. The molecule has 1 saturated carbocycles. The number of carbonyl (C=O) groups is 2. The molecule has 0 bridgehead atoms. The van der Waals surface area contributed by atoms with E-state index in [0.717, 1.165) is 24.9 Å². The Balaban J connectivity index is 1.42. The predicted molar refractivity (Wildman–Crippen MR) is 107 cm³/mol. The Hall–Kier alpha value is -1.49. The highest BCUT2D eigenvalue weighted by Crippen LogP contribution is 2.36. The highest BCUT2D eigenvalue weighted by Gasteiger charge is 2.35. The second kappa shape index (κ2) is 9.45. The number of piperidine rings is 1. The molecule has 2 fully saturated rings. The van der Waals surface area contributed by atoms with Crippen LogP contribution in [0.3, 0.4) is 0 Å². The Kier molecular flexibility index (Phi) is 7.00. The minimum Gasteiger partial charge on any atom is -0.341 e. The summed E-state index contributed by atoms with van der Waals surface area (Å²) < 4.78 is 0. The first-order valence-electron chi connectivity index (χ1n) is 9.86. The fourth-order valence-electron chi connectivity index (χ4n) is 4.30. The Morgan fingerprint density at radius 3 is 2.65 bits per heavy atom. The number of amides is 2. The molecule has 4 nitrogen and oxygen atoms in total. The second-order valence-electron chi connectivity index (χ2n) is 7.55.